The van der Waals surface area contributed by atoms with Crippen molar-refractivity contribution in [1.29, 1.82) is 0 Å². The third kappa shape index (κ3) is 3.09. The lowest BCUT2D eigenvalue weighted by molar-refractivity contribution is 0.218. The van der Waals surface area contributed by atoms with E-state index in [0.29, 0.717) is 6.61 Å². The number of aryl methyl sites for hydroxylation is 3. The molecule has 1 N–H and O–H groups in total. The van der Waals surface area contributed by atoms with Crippen LogP contribution < -0.4 is 4.74 Å². The van der Waals surface area contributed by atoms with Crippen LogP contribution in [-0.4, -0.2) is 54.9 Å². The van der Waals surface area contributed by atoms with Crippen LogP contribution >= 0.6 is 0 Å². The van der Waals surface area contributed by atoms with Gasteiger partial charge in [0.2, 0.25) is 5.88 Å². The van der Waals surface area contributed by atoms with E-state index in [1.54, 1.807) is 4.68 Å². The normalized spacial score (nSPS) is 16.0. The first-order valence-electron chi connectivity index (χ1n) is 10.0. The molecule has 1 aliphatic rings. The largest absolute Gasteiger partial charge is 0.476 e. The van der Waals surface area contributed by atoms with Crippen LogP contribution in [0.1, 0.15) is 22.6 Å². The van der Waals surface area contributed by atoms with Gasteiger partial charge >= 0.3 is 0 Å². The fraction of sp³-hybridized carbons (Fsp3) is 0.318. The molecule has 4 heterocycles. The van der Waals surface area contributed by atoms with Crippen LogP contribution in [0.2, 0.25) is 0 Å². The fourth-order valence-corrected chi connectivity index (χ4v) is 4.05. The maximum absolute atomic E-state index is 6.17. The Morgan fingerprint density at radius 2 is 1.97 bits per heavy atom. The van der Waals surface area contributed by atoms with E-state index in [2.05, 4.69) is 56.6 Å². The first-order valence-corrected chi connectivity index (χ1v) is 10.0. The number of aromatic nitrogens is 6. The van der Waals surface area contributed by atoms with Gasteiger partial charge in [0.15, 0.2) is 0 Å². The third-order valence-corrected chi connectivity index (χ3v) is 5.72. The summed E-state index contributed by atoms with van der Waals surface area (Å²) in [5.41, 5.74) is 7.27. The minimum Gasteiger partial charge on any atom is -0.476 e. The van der Waals surface area contributed by atoms with Crippen molar-refractivity contribution in [3.8, 4) is 17.0 Å². The molecule has 0 saturated heterocycles. The van der Waals surface area contributed by atoms with Gasteiger partial charge in [-0.25, -0.2) is 4.68 Å². The monoisotopic (exact) mass is 403 g/mol. The summed E-state index contributed by atoms with van der Waals surface area (Å²) in [5.74, 6) is 0.773. The Kier molecular flexibility index (Phi) is 4.43. The van der Waals surface area contributed by atoms with E-state index >= 15 is 0 Å². The van der Waals surface area contributed by atoms with Crippen LogP contribution in [0.25, 0.3) is 34.2 Å². The number of fused-ring (bicyclic) bond motifs is 4. The summed E-state index contributed by atoms with van der Waals surface area (Å²) in [4.78, 5) is 2.25. The number of hydrogen-bond donors (Lipinski definition) is 1. The van der Waals surface area contributed by atoms with Gasteiger partial charge in [0, 0.05) is 38.1 Å². The molecular formula is C22H25N7O. The van der Waals surface area contributed by atoms with Gasteiger partial charge in [-0.3, -0.25) is 14.7 Å². The molecule has 8 heteroatoms. The molecule has 1 aromatic carbocycles. The Balaban J connectivity index is 1.68. The Morgan fingerprint density at radius 1 is 1.10 bits per heavy atom. The number of benzene rings is 1. The zero-order chi connectivity index (χ0) is 20.8. The molecule has 154 valence electrons. The van der Waals surface area contributed by atoms with Crippen molar-refractivity contribution in [2.45, 2.75) is 13.5 Å². The highest BCUT2D eigenvalue weighted by Crippen LogP contribution is 2.32. The van der Waals surface area contributed by atoms with E-state index in [0.717, 1.165) is 58.0 Å². The van der Waals surface area contributed by atoms with Crippen molar-refractivity contribution in [2.75, 3.05) is 20.2 Å². The molecule has 0 radical (unpaired) electrons. The van der Waals surface area contributed by atoms with Gasteiger partial charge in [-0.1, -0.05) is 6.07 Å². The lowest BCUT2D eigenvalue weighted by Crippen LogP contribution is -2.25. The average Bonchev–Trinajstić information content (AvgIpc) is 3.36. The summed E-state index contributed by atoms with van der Waals surface area (Å²) < 4.78 is 9.93. The van der Waals surface area contributed by atoms with Gasteiger partial charge in [-0.15, -0.1) is 0 Å². The lowest BCUT2D eigenvalue weighted by atomic mass is 10.0. The van der Waals surface area contributed by atoms with E-state index in [1.165, 1.54) is 5.69 Å². The molecule has 8 nitrogen and oxygen atoms in total. The van der Waals surface area contributed by atoms with E-state index in [9.17, 15) is 0 Å². The van der Waals surface area contributed by atoms with Crippen LogP contribution in [0, 0.1) is 6.92 Å². The van der Waals surface area contributed by atoms with Gasteiger partial charge in [0.05, 0.1) is 34.4 Å². The molecule has 0 saturated carbocycles. The molecule has 0 atom stereocenters. The molecule has 1 aliphatic heterocycles. The highest BCUT2D eigenvalue weighted by Gasteiger charge is 2.17. The first-order chi connectivity index (χ1) is 14.5. The number of aromatic amines is 1. The topological polar surface area (TPSA) is 76.8 Å². The van der Waals surface area contributed by atoms with Crippen molar-refractivity contribution in [3.63, 3.8) is 0 Å². The molecule has 0 amide bonds. The van der Waals surface area contributed by atoms with Crippen molar-refractivity contribution in [2.24, 2.45) is 14.1 Å². The molecular weight excluding hydrogens is 378 g/mol. The Bertz CT molecular complexity index is 1260. The number of nitrogens with zero attached hydrogens (tertiary/aromatic N) is 6. The minimum atomic E-state index is 0.574. The number of hydrogen-bond acceptors (Lipinski definition) is 5. The van der Waals surface area contributed by atoms with E-state index < -0.39 is 0 Å². The maximum atomic E-state index is 6.17. The standard InChI is InChI=1S/C22H25N7O/c1-14-16-6-8-20-17-11-15(5-7-19(17)24-25-20)18-12-23-29(4)22(18)30-10-9-27(2)13-21(16)28(3)26-14/h5-8,11-12H,9-10,13H2,1-4H3,(H,24,25)/b8-6+. The third-order valence-electron chi connectivity index (χ3n) is 5.72. The van der Waals surface area contributed by atoms with Gasteiger partial charge in [0.1, 0.15) is 6.61 Å². The van der Waals surface area contributed by atoms with Crippen molar-refractivity contribution < 1.29 is 4.74 Å². The molecule has 2 bridgehead atoms. The van der Waals surface area contributed by atoms with Crippen LogP contribution in [0.5, 0.6) is 5.88 Å². The van der Waals surface area contributed by atoms with Crippen LogP contribution in [0.15, 0.2) is 24.4 Å². The Hall–Kier alpha value is -3.39. The van der Waals surface area contributed by atoms with Gasteiger partial charge < -0.3 is 4.74 Å². The second kappa shape index (κ2) is 7.14. The minimum absolute atomic E-state index is 0.574. The molecule has 0 fully saturated rings. The Morgan fingerprint density at radius 3 is 2.83 bits per heavy atom. The van der Waals surface area contributed by atoms with Gasteiger partial charge in [-0.2, -0.15) is 15.3 Å². The summed E-state index contributed by atoms with van der Waals surface area (Å²) in [7, 11) is 6.01. The quantitative estimate of drug-likeness (QED) is 0.488. The van der Waals surface area contributed by atoms with E-state index in [1.807, 2.05) is 38.0 Å². The summed E-state index contributed by atoms with van der Waals surface area (Å²) >= 11 is 0. The highest BCUT2D eigenvalue weighted by molar-refractivity contribution is 5.93. The maximum Gasteiger partial charge on any atom is 0.219 e. The molecule has 4 aromatic rings. The second-order valence-electron chi connectivity index (χ2n) is 7.85. The van der Waals surface area contributed by atoms with Crippen LogP contribution in [-0.2, 0) is 20.6 Å². The lowest BCUT2D eigenvalue weighted by Gasteiger charge is -2.18. The number of ether oxygens (including phenoxy) is 1. The second-order valence-corrected chi connectivity index (χ2v) is 7.85. The molecule has 5 rings (SSSR count). The number of nitrogens with one attached hydrogen (secondary N) is 1. The summed E-state index contributed by atoms with van der Waals surface area (Å²) in [6, 6.07) is 6.24. The molecule has 0 aliphatic carbocycles. The smallest absolute Gasteiger partial charge is 0.219 e. The van der Waals surface area contributed by atoms with Crippen molar-refractivity contribution in [3.05, 3.63) is 47.0 Å². The van der Waals surface area contributed by atoms with E-state index in [-0.39, 0.29) is 0 Å². The van der Waals surface area contributed by atoms with Crippen LogP contribution in [0.4, 0.5) is 0 Å². The van der Waals surface area contributed by atoms with Gasteiger partial charge in [0.25, 0.3) is 0 Å². The first kappa shape index (κ1) is 18.6. The number of H-pyrrole nitrogens is 1. The zero-order valence-electron chi connectivity index (χ0n) is 17.7. The summed E-state index contributed by atoms with van der Waals surface area (Å²) in [6.45, 7) is 4.20. The summed E-state index contributed by atoms with van der Waals surface area (Å²) in [5, 5.41) is 17.8. The Labute approximate surface area is 174 Å². The van der Waals surface area contributed by atoms with Crippen molar-refractivity contribution >= 4 is 23.1 Å². The predicted octanol–water partition coefficient (Wildman–Crippen LogP) is 3.00. The van der Waals surface area contributed by atoms with Gasteiger partial charge in [-0.05, 0) is 43.8 Å². The highest BCUT2D eigenvalue weighted by atomic mass is 16.5. The SMILES string of the molecule is Cc1nn(C)c2c1/C=C/c1[nH]nc3ccc(cc13)-c1cnn(C)c1OCCN(C)C2. The number of likely N-dealkylation sites (N-methyl/N-ethyl adjacent to an activating group) is 1. The zero-order valence-corrected chi connectivity index (χ0v) is 17.7. The average molecular weight is 403 g/mol. The molecule has 0 spiro atoms. The molecule has 30 heavy (non-hydrogen) atoms. The summed E-state index contributed by atoms with van der Waals surface area (Å²) in [6.07, 6.45) is 6.09. The van der Waals surface area contributed by atoms with Crippen molar-refractivity contribution in [1.82, 2.24) is 34.7 Å². The molecule has 3 aromatic heterocycles. The van der Waals surface area contributed by atoms with Crippen LogP contribution in [0.3, 0.4) is 0 Å². The number of rotatable bonds is 0. The van der Waals surface area contributed by atoms with E-state index in [4.69, 9.17) is 4.74 Å². The predicted molar refractivity (Wildman–Crippen MR) is 117 cm³/mol. The molecule has 0 unspecified atom stereocenters. The fourth-order valence-electron chi connectivity index (χ4n) is 4.05.